The molecule has 0 fully saturated rings. The van der Waals surface area contributed by atoms with Gasteiger partial charge in [0.05, 0.1) is 0 Å². The van der Waals surface area contributed by atoms with Crippen LogP contribution in [0.25, 0.3) is 0 Å². The van der Waals surface area contributed by atoms with E-state index >= 15 is 0 Å². The van der Waals surface area contributed by atoms with Crippen molar-refractivity contribution < 1.29 is 5.11 Å². The Bertz CT molecular complexity index is 385. The Morgan fingerprint density at radius 3 is 2.19 bits per heavy atom. The molecule has 0 spiro atoms. The number of hydrogen-bond acceptors (Lipinski definition) is 5. The number of anilines is 2. The smallest absolute Gasteiger partial charge is 0.134 e. The molecule has 0 saturated heterocycles. The van der Waals surface area contributed by atoms with Crippen LogP contribution in [0.2, 0.25) is 0 Å². The summed E-state index contributed by atoms with van der Waals surface area (Å²) in [6, 6.07) is 0. The van der Waals surface area contributed by atoms with E-state index < -0.39 is 0 Å². The van der Waals surface area contributed by atoms with Crippen LogP contribution in [-0.2, 0) is 6.42 Å². The fourth-order valence-electron chi connectivity index (χ4n) is 2.24. The van der Waals surface area contributed by atoms with Crippen molar-refractivity contribution in [2.24, 2.45) is 0 Å². The van der Waals surface area contributed by atoms with Crippen molar-refractivity contribution in [2.45, 2.75) is 58.8 Å². The van der Waals surface area contributed by atoms with Crippen molar-refractivity contribution >= 4 is 11.6 Å². The number of aliphatic hydroxyl groups is 1. The van der Waals surface area contributed by atoms with Gasteiger partial charge in [-0.2, -0.15) is 0 Å². The zero-order valence-electron chi connectivity index (χ0n) is 13.5. The first-order valence-corrected chi connectivity index (χ1v) is 8.25. The van der Waals surface area contributed by atoms with Gasteiger partial charge in [0.2, 0.25) is 0 Å². The van der Waals surface area contributed by atoms with Gasteiger partial charge in [0.25, 0.3) is 0 Å². The molecule has 0 saturated carbocycles. The Morgan fingerprint density at radius 2 is 1.57 bits per heavy atom. The second kappa shape index (κ2) is 11.3. The van der Waals surface area contributed by atoms with Crippen LogP contribution in [0.1, 0.15) is 57.9 Å². The number of aromatic nitrogens is 2. The van der Waals surface area contributed by atoms with Crippen LogP contribution in [0.15, 0.2) is 6.33 Å². The zero-order chi connectivity index (χ0) is 15.3. The van der Waals surface area contributed by atoms with Crippen molar-refractivity contribution in [3.63, 3.8) is 0 Å². The molecule has 1 rings (SSSR count). The van der Waals surface area contributed by atoms with Gasteiger partial charge < -0.3 is 15.7 Å². The lowest BCUT2D eigenvalue weighted by Crippen LogP contribution is -2.11. The van der Waals surface area contributed by atoms with Crippen LogP contribution in [0.5, 0.6) is 0 Å². The number of nitrogens with one attached hydrogen (secondary N) is 2. The van der Waals surface area contributed by atoms with Crippen LogP contribution in [-0.4, -0.2) is 34.8 Å². The molecule has 0 aliphatic carbocycles. The number of hydrogen-bond donors (Lipinski definition) is 3. The van der Waals surface area contributed by atoms with E-state index in [1.807, 2.05) is 0 Å². The van der Waals surface area contributed by atoms with Crippen molar-refractivity contribution in [3.05, 3.63) is 11.9 Å². The van der Waals surface area contributed by atoms with Crippen LogP contribution in [0, 0.1) is 0 Å². The van der Waals surface area contributed by atoms with Crippen LogP contribution >= 0.6 is 0 Å². The van der Waals surface area contributed by atoms with Crippen molar-refractivity contribution in [1.82, 2.24) is 9.97 Å². The minimum absolute atomic E-state index is 0.298. The SMILES string of the molecule is CCCNc1ncnc(NCCCCCCO)c1CCC. The van der Waals surface area contributed by atoms with E-state index in [0.29, 0.717) is 6.61 Å². The summed E-state index contributed by atoms with van der Waals surface area (Å²) in [5.74, 6) is 1.93. The maximum atomic E-state index is 8.76. The van der Waals surface area contributed by atoms with E-state index in [-0.39, 0.29) is 0 Å². The maximum Gasteiger partial charge on any atom is 0.134 e. The number of unbranched alkanes of at least 4 members (excludes halogenated alkanes) is 3. The highest BCUT2D eigenvalue weighted by Gasteiger charge is 2.09. The fraction of sp³-hybridized carbons (Fsp3) is 0.750. The minimum atomic E-state index is 0.298. The summed E-state index contributed by atoms with van der Waals surface area (Å²) >= 11 is 0. The molecule has 0 aliphatic rings. The predicted octanol–water partition coefficient (Wildman–Crippen LogP) is 3.22. The lowest BCUT2D eigenvalue weighted by molar-refractivity contribution is 0.283. The largest absolute Gasteiger partial charge is 0.396 e. The number of aliphatic hydroxyl groups excluding tert-OH is 1. The first-order chi connectivity index (χ1) is 10.3. The normalized spacial score (nSPS) is 10.6. The number of nitrogens with zero attached hydrogens (tertiary/aromatic N) is 2. The molecule has 3 N–H and O–H groups in total. The molecule has 5 heteroatoms. The monoisotopic (exact) mass is 294 g/mol. The molecule has 0 unspecified atom stereocenters. The third kappa shape index (κ3) is 6.76. The summed E-state index contributed by atoms with van der Waals surface area (Å²) < 4.78 is 0. The second-order valence-electron chi connectivity index (χ2n) is 5.29. The standard InChI is InChI=1S/C16H30N4O/c1-3-9-14-15(17-10-4-2)19-13-20-16(14)18-11-7-5-6-8-12-21/h13,21H,3-12H2,1-2H3,(H2,17,18,19,20). The van der Waals surface area contributed by atoms with Gasteiger partial charge >= 0.3 is 0 Å². The lowest BCUT2D eigenvalue weighted by atomic mass is 10.1. The summed E-state index contributed by atoms with van der Waals surface area (Å²) in [4.78, 5) is 8.77. The van der Waals surface area contributed by atoms with Gasteiger partial charge in [0, 0.05) is 25.3 Å². The van der Waals surface area contributed by atoms with E-state index in [1.54, 1.807) is 6.33 Å². The lowest BCUT2D eigenvalue weighted by Gasteiger charge is -2.14. The molecular formula is C16H30N4O. The quantitative estimate of drug-likeness (QED) is 0.516. The van der Waals surface area contributed by atoms with E-state index in [9.17, 15) is 0 Å². The third-order valence-electron chi connectivity index (χ3n) is 3.37. The van der Waals surface area contributed by atoms with E-state index in [0.717, 1.165) is 69.7 Å². The third-order valence-corrected chi connectivity index (χ3v) is 3.37. The molecule has 0 atom stereocenters. The van der Waals surface area contributed by atoms with Crippen molar-refractivity contribution in [1.29, 1.82) is 0 Å². The van der Waals surface area contributed by atoms with Crippen LogP contribution < -0.4 is 10.6 Å². The molecule has 120 valence electrons. The average molecular weight is 294 g/mol. The molecule has 1 aromatic heterocycles. The van der Waals surface area contributed by atoms with Crippen molar-refractivity contribution in [3.8, 4) is 0 Å². The minimum Gasteiger partial charge on any atom is -0.396 e. The second-order valence-corrected chi connectivity index (χ2v) is 5.29. The zero-order valence-corrected chi connectivity index (χ0v) is 13.5. The topological polar surface area (TPSA) is 70.1 Å². The highest BCUT2D eigenvalue weighted by atomic mass is 16.2. The summed E-state index contributed by atoms with van der Waals surface area (Å²) in [6.45, 7) is 6.49. The molecule has 0 amide bonds. The Balaban J connectivity index is 2.54. The van der Waals surface area contributed by atoms with E-state index in [4.69, 9.17) is 5.11 Å². The van der Waals surface area contributed by atoms with Gasteiger partial charge in [0.15, 0.2) is 0 Å². The molecular weight excluding hydrogens is 264 g/mol. The van der Waals surface area contributed by atoms with Gasteiger partial charge in [-0.25, -0.2) is 9.97 Å². The number of rotatable bonds is 12. The molecule has 21 heavy (non-hydrogen) atoms. The Labute approximate surface area is 128 Å². The van der Waals surface area contributed by atoms with Gasteiger partial charge in [-0.05, 0) is 25.7 Å². The first-order valence-electron chi connectivity index (χ1n) is 8.25. The van der Waals surface area contributed by atoms with Crippen LogP contribution in [0.3, 0.4) is 0 Å². The molecule has 0 aliphatic heterocycles. The fourth-order valence-corrected chi connectivity index (χ4v) is 2.24. The van der Waals surface area contributed by atoms with E-state index in [1.165, 1.54) is 5.56 Å². The summed E-state index contributed by atoms with van der Waals surface area (Å²) in [6.07, 6.45) is 9.02. The van der Waals surface area contributed by atoms with Crippen molar-refractivity contribution in [2.75, 3.05) is 30.3 Å². The molecule has 5 nitrogen and oxygen atoms in total. The maximum absolute atomic E-state index is 8.76. The molecule has 0 bridgehead atoms. The van der Waals surface area contributed by atoms with Gasteiger partial charge in [0.1, 0.15) is 18.0 Å². The predicted molar refractivity (Wildman–Crippen MR) is 88.9 cm³/mol. The summed E-state index contributed by atoms with van der Waals surface area (Å²) in [5.41, 5.74) is 1.20. The Morgan fingerprint density at radius 1 is 0.905 bits per heavy atom. The summed E-state index contributed by atoms with van der Waals surface area (Å²) in [5, 5.41) is 15.6. The van der Waals surface area contributed by atoms with Gasteiger partial charge in [-0.15, -0.1) is 0 Å². The van der Waals surface area contributed by atoms with Gasteiger partial charge in [-0.3, -0.25) is 0 Å². The Hall–Kier alpha value is -1.36. The van der Waals surface area contributed by atoms with Crippen LogP contribution in [0.4, 0.5) is 11.6 Å². The molecule has 1 aromatic rings. The van der Waals surface area contributed by atoms with Gasteiger partial charge in [-0.1, -0.05) is 33.1 Å². The summed E-state index contributed by atoms with van der Waals surface area (Å²) in [7, 11) is 0. The highest BCUT2D eigenvalue weighted by Crippen LogP contribution is 2.21. The molecule has 1 heterocycles. The average Bonchev–Trinajstić information content (AvgIpc) is 2.50. The first kappa shape index (κ1) is 17.7. The van der Waals surface area contributed by atoms with E-state index in [2.05, 4.69) is 34.4 Å². The molecule has 0 radical (unpaired) electrons. The molecule has 0 aromatic carbocycles. The Kier molecular flexibility index (Phi) is 9.53. The highest BCUT2D eigenvalue weighted by molar-refractivity contribution is 5.57.